The van der Waals surface area contributed by atoms with E-state index in [1.165, 1.54) is 4.57 Å². The van der Waals surface area contributed by atoms with Gasteiger partial charge in [-0.25, -0.2) is 9.55 Å². The number of rotatable bonds is 7. The van der Waals surface area contributed by atoms with Crippen LogP contribution < -0.4 is 22.3 Å². The number of H-pyrrole nitrogens is 1. The van der Waals surface area contributed by atoms with Crippen molar-refractivity contribution in [1.82, 2.24) is 24.8 Å². The lowest BCUT2D eigenvalue weighted by Crippen LogP contribution is -2.44. The van der Waals surface area contributed by atoms with Crippen LogP contribution >= 0.6 is 19.6 Å². The number of nitrogen functional groups attached to an aromatic ring is 1. The number of hydrogen-bond donors (Lipinski definition) is 7. The molecule has 9 N–H and O–H groups in total. The normalized spacial score (nSPS) is 29.6. The number of nitrogens with one attached hydrogen (secondary N) is 2. The summed E-state index contributed by atoms with van der Waals surface area (Å²) < 4.78 is 28.5. The van der Waals surface area contributed by atoms with Gasteiger partial charge in [-0.2, -0.15) is 4.98 Å². The molecule has 2 aliphatic rings. The second-order valence-corrected chi connectivity index (χ2v) is 9.70. The number of aromatic amines is 1. The van der Waals surface area contributed by atoms with Crippen molar-refractivity contribution in [3.8, 4) is 0 Å². The van der Waals surface area contributed by atoms with Crippen LogP contribution in [0.5, 0.6) is 0 Å². The van der Waals surface area contributed by atoms with Crippen molar-refractivity contribution in [2.45, 2.75) is 35.7 Å². The smallest absolute Gasteiger partial charge is 0.472 e. The molecule has 2 fully saturated rings. The molecule has 6 atom stereocenters. The number of aromatic nitrogens is 4. The Hall–Kier alpha value is -2.57. The van der Waals surface area contributed by atoms with Crippen LogP contribution in [-0.2, 0) is 27.9 Å². The van der Waals surface area contributed by atoms with Crippen LogP contribution in [0.2, 0.25) is 0 Å². The maximum absolute atomic E-state index is 12.4. The van der Waals surface area contributed by atoms with Crippen LogP contribution in [0.25, 0.3) is 11.2 Å². The first-order valence-corrected chi connectivity index (χ1v) is 12.1. The van der Waals surface area contributed by atoms with Gasteiger partial charge in [0.2, 0.25) is 11.9 Å². The predicted octanol–water partition coefficient (Wildman–Crippen LogP) is -2.90. The van der Waals surface area contributed by atoms with E-state index in [4.69, 9.17) is 30.4 Å². The number of carbonyl (C=O) groups excluding carboxylic acids is 1. The number of carboxylic acids is 1. The summed E-state index contributed by atoms with van der Waals surface area (Å²) in [6.07, 6.45) is -4.93. The number of hydrogen-bond acceptors (Lipinski definition) is 13. The van der Waals surface area contributed by atoms with Gasteiger partial charge in [0.25, 0.3) is 5.56 Å². The zero-order valence-electron chi connectivity index (χ0n) is 17.1. The van der Waals surface area contributed by atoms with Crippen molar-refractivity contribution >= 4 is 48.6 Å². The van der Waals surface area contributed by atoms with Crippen molar-refractivity contribution in [2.75, 3.05) is 24.6 Å². The van der Waals surface area contributed by atoms with E-state index in [0.717, 1.165) is 11.8 Å². The SMILES string of the molecule is Nc1nc2c(nc(SC[C@H](N)C(=O)NCC(=O)O)n2[C@@H]2O[C@@H]3COP(=O)(O)O[C@H]3[C@H]2O)c(=O)[nH]1. The van der Waals surface area contributed by atoms with Crippen LogP contribution in [0.15, 0.2) is 9.95 Å². The van der Waals surface area contributed by atoms with Crippen LogP contribution in [0.1, 0.15) is 6.23 Å². The average Bonchev–Trinajstić information content (AvgIpc) is 3.26. The van der Waals surface area contributed by atoms with E-state index in [9.17, 15) is 28.9 Å². The first kappa shape index (κ1) is 24.6. The molecule has 0 bridgehead atoms. The Balaban J connectivity index is 1.65. The predicted molar refractivity (Wildman–Crippen MR) is 112 cm³/mol. The van der Waals surface area contributed by atoms with E-state index in [2.05, 4.69) is 20.3 Å². The summed E-state index contributed by atoms with van der Waals surface area (Å²) in [4.78, 5) is 55.1. The number of phosphoric ester groups is 1. The zero-order chi connectivity index (χ0) is 24.8. The Labute approximate surface area is 193 Å². The third-order valence-electron chi connectivity index (χ3n) is 4.90. The van der Waals surface area contributed by atoms with E-state index in [-0.39, 0.29) is 34.6 Å². The fraction of sp³-hybridized carbons (Fsp3) is 0.533. The number of amides is 1. The van der Waals surface area contributed by atoms with Gasteiger partial charge < -0.3 is 36.6 Å². The number of aliphatic carboxylic acids is 1. The number of carbonyl (C=O) groups is 2. The van der Waals surface area contributed by atoms with Gasteiger partial charge in [-0.15, -0.1) is 0 Å². The third-order valence-corrected chi connectivity index (χ3v) is 6.96. The van der Waals surface area contributed by atoms with Crippen molar-refractivity contribution in [3.63, 3.8) is 0 Å². The number of thioether (sulfide) groups is 1. The summed E-state index contributed by atoms with van der Waals surface area (Å²) in [5.41, 5.74) is 10.6. The van der Waals surface area contributed by atoms with Gasteiger partial charge >= 0.3 is 13.8 Å². The summed E-state index contributed by atoms with van der Waals surface area (Å²) in [6, 6.07) is -1.15. The van der Waals surface area contributed by atoms with Gasteiger partial charge in [-0.1, -0.05) is 11.8 Å². The minimum absolute atomic E-state index is 0.0517. The molecule has 0 spiro atoms. The molecule has 4 rings (SSSR count). The monoisotopic (exact) mass is 521 g/mol. The lowest BCUT2D eigenvalue weighted by molar-refractivity contribution is -0.138. The molecule has 34 heavy (non-hydrogen) atoms. The molecule has 0 aromatic carbocycles. The topological polar surface area (TPSA) is 267 Å². The molecule has 1 amide bonds. The van der Waals surface area contributed by atoms with Gasteiger partial charge in [0, 0.05) is 5.75 Å². The summed E-state index contributed by atoms with van der Waals surface area (Å²) in [7, 11) is -4.39. The molecule has 0 saturated carbocycles. The highest BCUT2D eigenvalue weighted by atomic mass is 32.2. The number of fused-ring (bicyclic) bond motifs is 2. The molecule has 186 valence electrons. The molecule has 2 aromatic rings. The number of imidazole rings is 1. The summed E-state index contributed by atoms with van der Waals surface area (Å²) in [6.45, 7) is -0.957. The summed E-state index contributed by atoms with van der Waals surface area (Å²) >= 11 is 0.898. The molecule has 4 heterocycles. The number of phosphoric acid groups is 1. The fourth-order valence-corrected chi connectivity index (χ4v) is 5.32. The number of anilines is 1. The molecule has 2 aromatic heterocycles. The first-order valence-electron chi connectivity index (χ1n) is 9.61. The second-order valence-electron chi connectivity index (χ2n) is 7.31. The highest BCUT2D eigenvalue weighted by Gasteiger charge is 2.53. The first-order chi connectivity index (χ1) is 16.0. The molecule has 0 radical (unpaired) electrons. The van der Waals surface area contributed by atoms with E-state index in [0.29, 0.717) is 0 Å². The lowest BCUT2D eigenvalue weighted by Gasteiger charge is -2.27. The molecule has 0 aliphatic carbocycles. The molecular formula is C15H20N7O10PS. The minimum Gasteiger partial charge on any atom is -0.480 e. The van der Waals surface area contributed by atoms with Gasteiger partial charge in [-0.3, -0.25) is 33.0 Å². The van der Waals surface area contributed by atoms with Crippen LogP contribution in [0.3, 0.4) is 0 Å². The maximum atomic E-state index is 12.4. The number of nitrogens with two attached hydrogens (primary N) is 2. The van der Waals surface area contributed by atoms with Crippen LogP contribution in [-0.4, -0.2) is 89.8 Å². The van der Waals surface area contributed by atoms with Gasteiger partial charge in [0.05, 0.1) is 12.6 Å². The summed E-state index contributed by atoms with van der Waals surface area (Å²) in [5, 5.41) is 21.7. The van der Waals surface area contributed by atoms with E-state index in [1.807, 2.05) is 0 Å². The van der Waals surface area contributed by atoms with E-state index >= 15 is 0 Å². The Bertz CT molecular complexity index is 1240. The number of carboxylic acid groups (broad SMARTS) is 1. The molecule has 2 saturated heterocycles. The average molecular weight is 521 g/mol. The molecular weight excluding hydrogens is 501 g/mol. The summed E-state index contributed by atoms with van der Waals surface area (Å²) in [5.74, 6) is -2.33. The molecule has 2 aliphatic heterocycles. The number of nitrogens with zero attached hydrogens (tertiary/aromatic N) is 3. The van der Waals surface area contributed by atoms with Crippen molar-refractivity contribution < 1.29 is 43.0 Å². The highest BCUT2D eigenvalue weighted by molar-refractivity contribution is 7.99. The van der Waals surface area contributed by atoms with Crippen LogP contribution in [0.4, 0.5) is 5.95 Å². The Morgan fingerprint density at radius 3 is 2.85 bits per heavy atom. The maximum Gasteiger partial charge on any atom is 0.472 e. The number of aliphatic hydroxyl groups is 1. The lowest BCUT2D eigenvalue weighted by atomic mass is 10.1. The fourth-order valence-electron chi connectivity index (χ4n) is 3.39. The Kier molecular flexibility index (Phi) is 6.67. The highest BCUT2D eigenvalue weighted by Crippen LogP contribution is 2.52. The van der Waals surface area contributed by atoms with Crippen molar-refractivity contribution in [2.24, 2.45) is 5.73 Å². The van der Waals surface area contributed by atoms with Gasteiger partial charge in [0.1, 0.15) is 24.9 Å². The van der Waals surface area contributed by atoms with Gasteiger partial charge in [-0.05, 0) is 0 Å². The Morgan fingerprint density at radius 1 is 1.41 bits per heavy atom. The standard InChI is InChI=1S/C15H20N7O10PS/c16-4(11(26)18-1-6(23)24)3-34-15-19-7-10(20-14(17)21-12(7)27)22(15)13-8(25)9-5(31-13)2-30-33(28,29)32-9/h4-5,8-9,13,25H,1-3,16H2,(H,18,26)(H,23,24)(H,28,29)(H3,17,20,21,27)/t4-,5+,8+,9+,13+/m0/s1. The zero-order valence-corrected chi connectivity index (χ0v) is 18.8. The Morgan fingerprint density at radius 2 is 2.15 bits per heavy atom. The molecule has 1 unspecified atom stereocenters. The molecule has 17 nitrogen and oxygen atoms in total. The van der Waals surface area contributed by atoms with Crippen molar-refractivity contribution in [1.29, 1.82) is 0 Å². The quantitative estimate of drug-likeness (QED) is 0.142. The second kappa shape index (κ2) is 9.23. The number of ether oxygens (including phenoxy) is 1. The van der Waals surface area contributed by atoms with E-state index < -0.39 is 62.4 Å². The van der Waals surface area contributed by atoms with Crippen LogP contribution in [0, 0.1) is 0 Å². The number of aliphatic hydroxyl groups excluding tert-OH is 1. The largest absolute Gasteiger partial charge is 0.480 e. The van der Waals surface area contributed by atoms with Crippen molar-refractivity contribution in [3.05, 3.63) is 10.4 Å². The molecule has 19 heteroatoms. The minimum atomic E-state index is -4.39. The third kappa shape index (κ3) is 4.80. The van der Waals surface area contributed by atoms with E-state index in [1.54, 1.807) is 0 Å². The van der Waals surface area contributed by atoms with Gasteiger partial charge in [0.15, 0.2) is 22.5 Å².